The van der Waals surface area contributed by atoms with Gasteiger partial charge in [-0.1, -0.05) is 20.8 Å². The van der Waals surface area contributed by atoms with Crippen LogP contribution in [0.4, 0.5) is 0 Å². The lowest BCUT2D eigenvalue weighted by molar-refractivity contribution is 0.0324. The summed E-state index contributed by atoms with van der Waals surface area (Å²) in [5.41, 5.74) is 6.57. The fraction of sp³-hybridized carbons (Fsp3) is 1.00. The number of nitrogens with zero attached hydrogens (tertiary/aromatic N) is 1. The highest BCUT2D eigenvalue weighted by atomic mass is 16.5. The van der Waals surface area contributed by atoms with Crippen molar-refractivity contribution in [2.24, 2.45) is 23.0 Å². The van der Waals surface area contributed by atoms with Crippen LogP contribution in [0.2, 0.25) is 0 Å². The van der Waals surface area contributed by atoms with Crippen molar-refractivity contribution in [3.05, 3.63) is 0 Å². The highest BCUT2D eigenvalue weighted by Crippen LogP contribution is 2.44. The molecule has 0 saturated heterocycles. The van der Waals surface area contributed by atoms with E-state index in [0.717, 1.165) is 25.5 Å². The minimum atomic E-state index is 0.354. The predicted octanol–water partition coefficient (Wildman–Crippen LogP) is 2.35. The Labute approximate surface area is 113 Å². The summed E-state index contributed by atoms with van der Waals surface area (Å²) in [5.74, 6) is 1.38. The Morgan fingerprint density at radius 2 is 2.00 bits per heavy atom. The van der Waals surface area contributed by atoms with Gasteiger partial charge in [-0.05, 0) is 43.6 Å². The summed E-state index contributed by atoms with van der Waals surface area (Å²) in [5, 5.41) is 0. The van der Waals surface area contributed by atoms with Crippen molar-refractivity contribution in [1.29, 1.82) is 0 Å². The van der Waals surface area contributed by atoms with E-state index >= 15 is 0 Å². The Bertz CT molecular complexity index is 243. The molecule has 2 N–H and O–H groups in total. The fourth-order valence-corrected chi connectivity index (χ4v) is 3.21. The van der Waals surface area contributed by atoms with Gasteiger partial charge in [0.25, 0.3) is 0 Å². The first-order valence-corrected chi connectivity index (χ1v) is 7.32. The fourth-order valence-electron chi connectivity index (χ4n) is 3.21. The Morgan fingerprint density at radius 3 is 2.61 bits per heavy atom. The molecule has 0 aliphatic heterocycles. The molecule has 3 heteroatoms. The molecule has 108 valence electrons. The van der Waals surface area contributed by atoms with Gasteiger partial charge < -0.3 is 15.4 Å². The maximum absolute atomic E-state index is 6.21. The van der Waals surface area contributed by atoms with Gasteiger partial charge in [0, 0.05) is 32.8 Å². The van der Waals surface area contributed by atoms with Gasteiger partial charge in [-0.3, -0.25) is 0 Å². The molecule has 1 aliphatic carbocycles. The number of hydrogen-bond donors (Lipinski definition) is 1. The summed E-state index contributed by atoms with van der Waals surface area (Å²) >= 11 is 0. The van der Waals surface area contributed by atoms with E-state index in [1.54, 1.807) is 7.11 Å². The van der Waals surface area contributed by atoms with Crippen LogP contribution in [0.3, 0.4) is 0 Å². The van der Waals surface area contributed by atoms with Crippen molar-refractivity contribution >= 4 is 0 Å². The first-order valence-electron chi connectivity index (χ1n) is 7.32. The highest BCUT2D eigenvalue weighted by molar-refractivity contribution is 4.94. The smallest absolute Gasteiger partial charge is 0.0474 e. The average Bonchev–Trinajstić information content (AvgIpc) is 2.31. The van der Waals surface area contributed by atoms with E-state index in [-0.39, 0.29) is 0 Å². The molecule has 1 saturated carbocycles. The van der Waals surface area contributed by atoms with E-state index in [9.17, 15) is 0 Å². The van der Waals surface area contributed by atoms with Crippen molar-refractivity contribution < 1.29 is 4.74 Å². The first-order chi connectivity index (χ1) is 8.39. The third-order valence-corrected chi connectivity index (χ3v) is 5.14. The molecule has 3 unspecified atom stereocenters. The van der Waals surface area contributed by atoms with Gasteiger partial charge in [0.2, 0.25) is 0 Å². The molecule has 0 aromatic rings. The summed E-state index contributed by atoms with van der Waals surface area (Å²) in [4.78, 5) is 2.45. The summed E-state index contributed by atoms with van der Waals surface area (Å²) in [6.07, 6.45) is 3.57. The molecule has 0 spiro atoms. The van der Waals surface area contributed by atoms with E-state index in [0.29, 0.717) is 17.4 Å². The second-order valence-corrected chi connectivity index (χ2v) is 6.66. The van der Waals surface area contributed by atoms with Crippen LogP contribution >= 0.6 is 0 Å². The van der Waals surface area contributed by atoms with Crippen molar-refractivity contribution in [3.8, 4) is 0 Å². The second-order valence-electron chi connectivity index (χ2n) is 6.66. The Morgan fingerprint density at radius 1 is 1.33 bits per heavy atom. The van der Waals surface area contributed by atoms with Crippen LogP contribution in [0.15, 0.2) is 0 Å². The molecule has 3 atom stereocenters. The largest absolute Gasteiger partial charge is 0.385 e. The topological polar surface area (TPSA) is 38.5 Å². The Balaban J connectivity index is 2.45. The van der Waals surface area contributed by atoms with Crippen molar-refractivity contribution in [2.75, 3.05) is 33.9 Å². The van der Waals surface area contributed by atoms with Gasteiger partial charge in [0.1, 0.15) is 0 Å². The average molecular weight is 256 g/mol. The van der Waals surface area contributed by atoms with Crippen LogP contribution < -0.4 is 5.73 Å². The molecule has 1 fully saturated rings. The van der Waals surface area contributed by atoms with E-state index < -0.39 is 0 Å². The third kappa shape index (κ3) is 3.94. The quantitative estimate of drug-likeness (QED) is 0.741. The van der Waals surface area contributed by atoms with Crippen LogP contribution in [-0.4, -0.2) is 44.8 Å². The van der Waals surface area contributed by atoms with Crippen LogP contribution in [0.1, 0.15) is 40.0 Å². The number of nitrogens with two attached hydrogens (primary N) is 1. The van der Waals surface area contributed by atoms with E-state index in [1.165, 1.54) is 19.4 Å². The molecule has 3 nitrogen and oxygen atoms in total. The molecule has 0 bridgehead atoms. The molecule has 0 amide bonds. The zero-order valence-electron chi connectivity index (χ0n) is 12.9. The lowest BCUT2D eigenvalue weighted by Crippen LogP contribution is -2.49. The molecule has 1 rings (SSSR count). The molecule has 18 heavy (non-hydrogen) atoms. The summed E-state index contributed by atoms with van der Waals surface area (Å²) < 4.78 is 5.11. The van der Waals surface area contributed by atoms with Crippen LogP contribution in [0.5, 0.6) is 0 Å². The van der Waals surface area contributed by atoms with Crippen LogP contribution in [0.25, 0.3) is 0 Å². The predicted molar refractivity (Wildman–Crippen MR) is 77.6 cm³/mol. The summed E-state index contributed by atoms with van der Waals surface area (Å²) in [6.45, 7) is 10.3. The zero-order chi connectivity index (χ0) is 13.8. The zero-order valence-corrected chi connectivity index (χ0v) is 12.9. The lowest BCUT2D eigenvalue weighted by Gasteiger charge is -2.48. The maximum Gasteiger partial charge on any atom is 0.0474 e. The van der Waals surface area contributed by atoms with E-state index in [1.807, 2.05) is 0 Å². The molecular formula is C15H32N2O. The number of rotatable bonds is 6. The highest BCUT2D eigenvalue weighted by Gasteiger charge is 2.41. The Hall–Kier alpha value is -0.120. The van der Waals surface area contributed by atoms with Crippen molar-refractivity contribution in [2.45, 2.75) is 46.1 Å². The number of ether oxygens (including phenoxy) is 1. The van der Waals surface area contributed by atoms with Gasteiger partial charge in [-0.15, -0.1) is 0 Å². The molecule has 1 aliphatic rings. The molecule has 0 radical (unpaired) electrons. The molecule has 0 aromatic heterocycles. The first kappa shape index (κ1) is 15.9. The number of methoxy groups -OCH3 is 1. The van der Waals surface area contributed by atoms with Crippen LogP contribution in [-0.2, 0) is 4.74 Å². The summed E-state index contributed by atoms with van der Waals surface area (Å²) in [7, 11) is 4.00. The molecule has 0 heterocycles. The van der Waals surface area contributed by atoms with Gasteiger partial charge in [0.15, 0.2) is 0 Å². The van der Waals surface area contributed by atoms with Gasteiger partial charge >= 0.3 is 0 Å². The monoisotopic (exact) mass is 256 g/mol. The second kappa shape index (κ2) is 6.88. The van der Waals surface area contributed by atoms with Gasteiger partial charge in [-0.2, -0.15) is 0 Å². The maximum atomic E-state index is 6.21. The van der Waals surface area contributed by atoms with Gasteiger partial charge in [0.05, 0.1) is 0 Å². The standard InChI is InChI=1S/C15H32N2O/c1-12-14(16)8-7-13(15(12,2)3)11-17(4)9-6-10-18-5/h12-14H,6-11,16H2,1-5H3. The molecule has 0 aromatic carbocycles. The minimum Gasteiger partial charge on any atom is -0.385 e. The van der Waals surface area contributed by atoms with Crippen molar-refractivity contribution in [1.82, 2.24) is 4.90 Å². The summed E-state index contributed by atoms with van der Waals surface area (Å²) in [6, 6.07) is 0.384. The van der Waals surface area contributed by atoms with Gasteiger partial charge in [-0.25, -0.2) is 0 Å². The number of hydrogen-bond acceptors (Lipinski definition) is 3. The van der Waals surface area contributed by atoms with E-state index in [2.05, 4.69) is 32.7 Å². The third-order valence-electron chi connectivity index (χ3n) is 5.14. The minimum absolute atomic E-state index is 0.354. The molecular weight excluding hydrogens is 224 g/mol. The Kier molecular flexibility index (Phi) is 6.09. The lowest BCUT2D eigenvalue weighted by atomic mass is 9.61. The van der Waals surface area contributed by atoms with Crippen LogP contribution in [0, 0.1) is 17.3 Å². The van der Waals surface area contributed by atoms with Crippen molar-refractivity contribution in [3.63, 3.8) is 0 Å². The van der Waals surface area contributed by atoms with E-state index in [4.69, 9.17) is 10.5 Å². The SMILES string of the molecule is COCCCN(C)CC1CCC(N)C(C)C1(C)C. The normalized spacial score (nSPS) is 31.8.